The van der Waals surface area contributed by atoms with Crippen LogP contribution in [0.25, 0.3) is 16.6 Å². The lowest BCUT2D eigenvalue weighted by molar-refractivity contribution is 0.464. The van der Waals surface area contributed by atoms with Gasteiger partial charge in [0.15, 0.2) is 5.82 Å². The summed E-state index contributed by atoms with van der Waals surface area (Å²) in [5.41, 5.74) is 6.50. The van der Waals surface area contributed by atoms with Crippen LogP contribution in [-0.2, 0) is 0 Å². The predicted molar refractivity (Wildman–Crippen MR) is 87.6 cm³/mol. The molecule has 0 atom stereocenters. The number of aromatic nitrogens is 4. The molecule has 6 heteroatoms. The van der Waals surface area contributed by atoms with E-state index in [9.17, 15) is 0 Å². The maximum atomic E-state index is 6.14. The molecule has 0 saturated heterocycles. The minimum Gasteiger partial charge on any atom is -0.437 e. The highest BCUT2D eigenvalue weighted by Crippen LogP contribution is 2.30. The molecular weight excluding hydrogens is 290 g/mol. The fourth-order valence-corrected chi connectivity index (χ4v) is 2.38. The Morgan fingerprint density at radius 2 is 1.87 bits per heavy atom. The normalized spacial score (nSPS) is 10.8. The highest BCUT2D eigenvalue weighted by molar-refractivity contribution is 5.83. The van der Waals surface area contributed by atoms with E-state index in [1.54, 1.807) is 23.3 Å². The van der Waals surface area contributed by atoms with E-state index in [1.165, 1.54) is 6.33 Å². The van der Waals surface area contributed by atoms with Crippen LogP contribution in [-0.4, -0.2) is 19.5 Å². The maximum Gasteiger partial charge on any atom is 0.248 e. The van der Waals surface area contributed by atoms with Crippen molar-refractivity contribution in [2.45, 2.75) is 0 Å². The van der Waals surface area contributed by atoms with Gasteiger partial charge in [0, 0.05) is 12.4 Å². The number of anilines is 1. The molecule has 2 aromatic heterocycles. The first-order valence-corrected chi connectivity index (χ1v) is 7.07. The fourth-order valence-electron chi connectivity index (χ4n) is 2.38. The van der Waals surface area contributed by atoms with Crippen LogP contribution in [0.3, 0.4) is 0 Å². The fraction of sp³-hybridized carbons (Fsp3) is 0. The number of rotatable bonds is 3. The number of ether oxygens (including phenoxy) is 1. The number of fused-ring (bicyclic) bond motifs is 1. The van der Waals surface area contributed by atoms with Gasteiger partial charge in [0.25, 0.3) is 0 Å². The lowest BCUT2D eigenvalue weighted by atomic mass is 10.1. The Labute approximate surface area is 132 Å². The zero-order chi connectivity index (χ0) is 15.6. The molecule has 0 unspecified atom stereocenters. The maximum absolute atomic E-state index is 6.14. The smallest absolute Gasteiger partial charge is 0.248 e. The topological polar surface area (TPSA) is 78.9 Å². The Balaban J connectivity index is 1.72. The average molecular weight is 303 g/mol. The molecule has 6 nitrogen and oxygen atoms in total. The molecule has 2 aromatic carbocycles. The summed E-state index contributed by atoms with van der Waals surface area (Å²) in [4.78, 5) is 12.3. The zero-order valence-electron chi connectivity index (χ0n) is 12.1. The monoisotopic (exact) mass is 303 g/mol. The molecule has 2 N–H and O–H groups in total. The number of benzene rings is 2. The Morgan fingerprint density at radius 1 is 1.00 bits per heavy atom. The van der Waals surface area contributed by atoms with Crippen LogP contribution in [0.5, 0.6) is 11.6 Å². The van der Waals surface area contributed by atoms with E-state index >= 15 is 0 Å². The minimum absolute atomic E-state index is 0.319. The number of imidazole rings is 1. The largest absolute Gasteiger partial charge is 0.437 e. The van der Waals surface area contributed by atoms with Crippen molar-refractivity contribution >= 4 is 16.5 Å². The number of nitrogen functional groups attached to an aromatic ring is 1. The Kier molecular flexibility index (Phi) is 3.12. The second-order valence-electron chi connectivity index (χ2n) is 5.00. The molecule has 0 aliphatic rings. The summed E-state index contributed by atoms with van der Waals surface area (Å²) in [7, 11) is 0. The van der Waals surface area contributed by atoms with Crippen molar-refractivity contribution in [3.05, 3.63) is 67.5 Å². The van der Waals surface area contributed by atoms with Crippen molar-refractivity contribution in [3.8, 4) is 17.4 Å². The van der Waals surface area contributed by atoms with Gasteiger partial charge in [0.1, 0.15) is 24.1 Å². The summed E-state index contributed by atoms with van der Waals surface area (Å²) in [5, 5.41) is 2.24. The third kappa shape index (κ3) is 2.46. The Morgan fingerprint density at radius 3 is 2.70 bits per heavy atom. The molecule has 0 radical (unpaired) electrons. The lowest BCUT2D eigenvalue weighted by Crippen LogP contribution is -2.04. The zero-order valence-corrected chi connectivity index (χ0v) is 12.1. The average Bonchev–Trinajstić information content (AvgIpc) is 3.11. The molecule has 23 heavy (non-hydrogen) atoms. The van der Waals surface area contributed by atoms with Crippen molar-refractivity contribution in [2.75, 3.05) is 5.73 Å². The van der Waals surface area contributed by atoms with Gasteiger partial charge >= 0.3 is 0 Å². The van der Waals surface area contributed by atoms with E-state index in [0.29, 0.717) is 23.1 Å². The van der Waals surface area contributed by atoms with Crippen LogP contribution in [0.4, 0.5) is 5.69 Å². The van der Waals surface area contributed by atoms with Gasteiger partial charge in [-0.3, -0.25) is 4.57 Å². The quantitative estimate of drug-likeness (QED) is 0.629. The number of nitrogens with zero attached hydrogens (tertiary/aromatic N) is 4. The van der Waals surface area contributed by atoms with E-state index in [1.807, 2.05) is 36.4 Å². The van der Waals surface area contributed by atoms with Crippen molar-refractivity contribution in [1.82, 2.24) is 19.5 Å². The van der Waals surface area contributed by atoms with Gasteiger partial charge in [-0.25, -0.2) is 9.97 Å². The van der Waals surface area contributed by atoms with Crippen LogP contribution in [0, 0.1) is 0 Å². The van der Waals surface area contributed by atoms with Crippen LogP contribution >= 0.6 is 0 Å². The van der Waals surface area contributed by atoms with Gasteiger partial charge in [-0.05, 0) is 22.9 Å². The first-order chi connectivity index (χ1) is 11.3. The highest BCUT2D eigenvalue weighted by Gasteiger charge is 2.11. The third-order valence-electron chi connectivity index (χ3n) is 3.51. The van der Waals surface area contributed by atoms with E-state index in [4.69, 9.17) is 10.5 Å². The summed E-state index contributed by atoms with van der Waals surface area (Å²) in [6, 6.07) is 13.9. The van der Waals surface area contributed by atoms with E-state index in [0.717, 1.165) is 10.8 Å². The standard InChI is InChI=1S/C17H13N5O/c18-15-16(22-8-7-19-11-22)20-10-21-17(15)23-14-6-5-12-3-1-2-4-13(12)9-14/h1-11H,18H2. The Hall–Kier alpha value is -3.41. The predicted octanol–water partition coefficient (Wildman–Crippen LogP) is 3.19. The molecule has 4 aromatic rings. The molecule has 0 aliphatic heterocycles. The SMILES string of the molecule is Nc1c(Oc2ccc3ccccc3c2)ncnc1-n1ccnc1. The first-order valence-electron chi connectivity index (χ1n) is 7.07. The number of nitrogens with two attached hydrogens (primary N) is 1. The summed E-state index contributed by atoms with van der Waals surface area (Å²) in [5.74, 6) is 1.53. The van der Waals surface area contributed by atoms with Gasteiger partial charge in [0.05, 0.1) is 0 Å². The van der Waals surface area contributed by atoms with Crippen LogP contribution in [0.1, 0.15) is 0 Å². The van der Waals surface area contributed by atoms with Gasteiger partial charge in [-0.2, -0.15) is 4.98 Å². The van der Waals surface area contributed by atoms with E-state index in [2.05, 4.69) is 21.0 Å². The summed E-state index contributed by atoms with van der Waals surface area (Å²) in [6.07, 6.45) is 6.46. The minimum atomic E-state index is 0.319. The molecule has 0 aliphatic carbocycles. The lowest BCUT2D eigenvalue weighted by Gasteiger charge is -2.11. The van der Waals surface area contributed by atoms with Crippen molar-refractivity contribution in [3.63, 3.8) is 0 Å². The molecule has 0 amide bonds. The van der Waals surface area contributed by atoms with Crippen LogP contribution in [0.2, 0.25) is 0 Å². The number of hydrogen-bond donors (Lipinski definition) is 1. The van der Waals surface area contributed by atoms with E-state index in [-0.39, 0.29) is 0 Å². The van der Waals surface area contributed by atoms with Gasteiger partial charge in [-0.15, -0.1) is 0 Å². The molecule has 0 fully saturated rings. The molecule has 0 saturated carbocycles. The highest BCUT2D eigenvalue weighted by atomic mass is 16.5. The summed E-state index contributed by atoms with van der Waals surface area (Å²) < 4.78 is 7.56. The second-order valence-corrected chi connectivity index (χ2v) is 5.00. The molecule has 4 rings (SSSR count). The Bertz CT molecular complexity index is 966. The van der Waals surface area contributed by atoms with Gasteiger partial charge in [0.2, 0.25) is 5.88 Å². The van der Waals surface area contributed by atoms with Crippen LogP contribution in [0.15, 0.2) is 67.5 Å². The third-order valence-corrected chi connectivity index (χ3v) is 3.51. The second kappa shape index (κ2) is 5.42. The summed E-state index contributed by atoms with van der Waals surface area (Å²) >= 11 is 0. The first kappa shape index (κ1) is 13.3. The van der Waals surface area contributed by atoms with Crippen LogP contribution < -0.4 is 10.5 Å². The van der Waals surface area contributed by atoms with Crippen molar-refractivity contribution < 1.29 is 4.74 Å². The van der Waals surface area contributed by atoms with Crippen molar-refractivity contribution in [2.24, 2.45) is 0 Å². The molecule has 0 bridgehead atoms. The molecule has 2 heterocycles. The molecular formula is C17H13N5O. The summed E-state index contributed by atoms with van der Waals surface area (Å²) in [6.45, 7) is 0. The van der Waals surface area contributed by atoms with E-state index < -0.39 is 0 Å². The van der Waals surface area contributed by atoms with Crippen molar-refractivity contribution in [1.29, 1.82) is 0 Å². The molecule has 0 spiro atoms. The van der Waals surface area contributed by atoms with Gasteiger partial charge < -0.3 is 10.5 Å². The van der Waals surface area contributed by atoms with Gasteiger partial charge in [-0.1, -0.05) is 30.3 Å². The number of hydrogen-bond acceptors (Lipinski definition) is 5. The molecule has 112 valence electrons.